The molecule has 1 N–H and O–H groups in total. The number of hydrogen-bond acceptors (Lipinski definition) is 3. The number of amides is 1. The predicted octanol–water partition coefficient (Wildman–Crippen LogP) is 5.39. The molecule has 3 aromatic rings. The first-order chi connectivity index (χ1) is 13.3. The van der Waals surface area contributed by atoms with Crippen LogP contribution in [0.2, 0.25) is 5.02 Å². The highest BCUT2D eigenvalue weighted by atomic mass is 35.5. The minimum absolute atomic E-state index is 0.00811. The summed E-state index contributed by atoms with van der Waals surface area (Å²) >= 11 is 6.08. The van der Waals surface area contributed by atoms with Crippen LogP contribution < -0.4 is 5.32 Å². The Kier molecular flexibility index (Phi) is 3.63. The minimum Gasteiger partial charge on any atom is -0.325 e. The average molecular weight is 392 g/mol. The number of carbonyl (C=O) groups is 1. The molecule has 2 aliphatic rings. The summed E-state index contributed by atoms with van der Waals surface area (Å²) < 4.78 is 0. The lowest BCUT2D eigenvalue weighted by Crippen LogP contribution is -2.46. The Morgan fingerprint density at radius 1 is 1.14 bits per heavy atom. The fourth-order valence-corrected chi connectivity index (χ4v) is 5.55. The minimum atomic E-state index is -0.671. The summed E-state index contributed by atoms with van der Waals surface area (Å²) in [5.74, 6) is 0.255. The number of carbonyl (C=O) groups excluding carboxylic acids is 1. The van der Waals surface area contributed by atoms with Gasteiger partial charge in [0, 0.05) is 16.6 Å². The van der Waals surface area contributed by atoms with Gasteiger partial charge < -0.3 is 5.32 Å². The summed E-state index contributed by atoms with van der Waals surface area (Å²) in [6, 6.07) is 13.4. The molecule has 28 heavy (non-hydrogen) atoms. The van der Waals surface area contributed by atoms with Gasteiger partial charge in [0.2, 0.25) is 5.91 Å². The van der Waals surface area contributed by atoms with Crippen molar-refractivity contribution in [3.8, 4) is 0 Å². The third-order valence-electron chi connectivity index (χ3n) is 6.94. The Balaban J connectivity index is 1.65. The normalized spacial score (nSPS) is 24.4. The van der Waals surface area contributed by atoms with Crippen molar-refractivity contribution in [2.45, 2.75) is 44.9 Å². The van der Waals surface area contributed by atoms with Crippen molar-refractivity contribution in [3.05, 3.63) is 64.4 Å². The molecular formula is C23H22ClN3O. The van der Waals surface area contributed by atoms with E-state index in [1.54, 1.807) is 6.07 Å². The van der Waals surface area contributed by atoms with Crippen LogP contribution in [0.5, 0.6) is 0 Å². The lowest BCUT2D eigenvalue weighted by atomic mass is 9.67. The van der Waals surface area contributed by atoms with Gasteiger partial charge in [-0.05, 0) is 61.1 Å². The Morgan fingerprint density at radius 2 is 1.86 bits per heavy atom. The molecule has 2 aliphatic carbocycles. The molecular weight excluding hydrogens is 370 g/mol. The molecule has 1 amide bonds. The molecule has 0 aliphatic heterocycles. The number of rotatable bonds is 2. The zero-order valence-corrected chi connectivity index (χ0v) is 17.0. The molecule has 0 spiro atoms. The number of hydrogen-bond donors (Lipinski definition) is 1. The van der Waals surface area contributed by atoms with Gasteiger partial charge in [-0.25, -0.2) is 9.97 Å². The van der Waals surface area contributed by atoms with E-state index in [0.29, 0.717) is 5.02 Å². The van der Waals surface area contributed by atoms with Crippen LogP contribution in [0.4, 0.5) is 5.69 Å². The Morgan fingerprint density at radius 3 is 2.57 bits per heavy atom. The standard InChI is InChI=1S/C23H22ClN3O/c1-13-12-14(24)8-9-16(13)27-21(28)23-11-10-15(22(23,2)3)19-20(23)26-18-7-5-4-6-17(18)25-19/h4-9,12,15H,10-11H2,1-3H3,(H,27,28). The number of nitrogens with zero attached hydrogens (tertiary/aromatic N) is 2. The quantitative estimate of drug-likeness (QED) is 0.637. The lowest BCUT2D eigenvalue weighted by molar-refractivity contribution is -0.124. The summed E-state index contributed by atoms with van der Waals surface area (Å²) in [6.07, 6.45) is 1.75. The van der Waals surface area contributed by atoms with Gasteiger partial charge >= 0.3 is 0 Å². The van der Waals surface area contributed by atoms with Crippen molar-refractivity contribution >= 4 is 34.2 Å². The smallest absolute Gasteiger partial charge is 0.237 e. The maximum Gasteiger partial charge on any atom is 0.237 e. The first-order valence-electron chi connectivity index (χ1n) is 9.69. The van der Waals surface area contributed by atoms with Crippen molar-refractivity contribution < 1.29 is 4.79 Å². The van der Waals surface area contributed by atoms with Gasteiger partial charge in [0.15, 0.2) is 0 Å². The van der Waals surface area contributed by atoms with Crippen LogP contribution in [0, 0.1) is 12.3 Å². The van der Waals surface area contributed by atoms with Gasteiger partial charge in [-0.1, -0.05) is 37.6 Å². The second-order valence-electron chi connectivity index (χ2n) is 8.58. The van der Waals surface area contributed by atoms with Crippen molar-refractivity contribution in [1.29, 1.82) is 0 Å². The van der Waals surface area contributed by atoms with Crippen LogP contribution >= 0.6 is 11.6 Å². The first-order valence-corrected chi connectivity index (χ1v) is 10.1. The van der Waals surface area contributed by atoms with E-state index >= 15 is 0 Å². The van der Waals surface area contributed by atoms with Crippen LogP contribution in [-0.2, 0) is 10.2 Å². The van der Waals surface area contributed by atoms with E-state index in [2.05, 4.69) is 19.2 Å². The molecule has 5 rings (SSSR count). The molecule has 1 saturated carbocycles. The van der Waals surface area contributed by atoms with Crippen molar-refractivity contribution in [2.24, 2.45) is 5.41 Å². The molecule has 1 aromatic heterocycles. The first kappa shape index (κ1) is 17.6. The largest absolute Gasteiger partial charge is 0.325 e. The zero-order chi connectivity index (χ0) is 19.7. The van der Waals surface area contributed by atoms with E-state index in [-0.39, 0.29) is 17.2 Å². The number of benzene rings is 2. The molecule has 0 radical (unpaired) electrons. The fraction of sp³-hybridized carbons (Fsp3) is 0.348. The summed E-state index contributed by atoms with van der Waals surface area (Å²) in [7, 11) is 0. The van der Waals surface area contributed by atoms with Gasteiger partial charge in [-0.3, -0.25) is 4.79 Å². The number of nitrogens with one attached hydrogen (secondary N) is 1. The Bertz CT molecular complexity index is 1140. The monoisotopic (exact) mass is 391 g/mol. The van der Waals surface area contributed by atoms with Gasteiger partial charge in [0.25, 0.3) is 0 Å². The maximum absolute atomic E-state index is 13.7. The summed E-state index contributed by atoms with van der Waals surface area (Å²) in [6.45, 7) is 6.33. The Hall–Kier alpha value is -2.46. The van der Waals surface area contributed by atoms with Crippen LogP contribution in [0.3, 0.4) is 0 Å². The van der Waals surface area contributed by atoms with Gasteiger partial charge in [0.1, 0.15) is 0 Å². The summed E-state index contributed by atoms with van der Waals surface area (Å²) in [5.41, 5.74) is 4.44. The third kappa shape index (κ3) is 2.15. The molecule has 2 atom stereocenters. The second-order valence-corrected chi connectivity index (χ2v) is 9.01. The fourth-order valence-electron chi connectivity index (χ4n) is 5.32. The molecule has 2 unspecified atom stereocenters. The molecule has 1 fully saturated rings. The van der Waals surface area contributed by atoms with Gasteiger partial charge in [0.05, 0.1) is 27.8 Å². The van der Waals surface area contributed by atoms with E-state index in [4.69, 9.17) is 21.6 Å². The van der Waals surface area contributed by atoms with Gasteiger partial charge in [-0.15, -0.1) is 0 Å². The van der Waals surface area contributed by atoms with E-state index in [1.807, 2.05) is 43.3 Å². The lowest BCUT2D eigenvalue weighted by Gasteiger charge is -2.36. The average Bonchev–Trinajstić information content (AvgIpc) is 3.04. The Labute approximate surface area is 169 Å². The molecule has 2 aromatic carbocycles. The molecule has 1 heterocycles. The maximum atomic E-state index is 13.7. The number of halogens is 1. The third-order valence-corrected chi connectivity index (χ3v) is 7.17. The number of anilines is 1. The van der Waals surface area contributed by atoms with Crippen LogP contribution in [-0.4, -0.2) is 15.9 Å². The second kappa shape index (κ2) is 5.77. The van der Waals surface area contributed by atoms with Crippen molar-refractivity contribution in [1.82, 2.24) is 9.97 Å². The van der Waals surface area contributed by atoms with Gasteiger partial charge in [-0.2, -0.15) is 0 Å². The highest BCUT2D eigenvalue weighted by molar-refractivity contribution is 6.30. The van der Waals surface area contributed by atoms with E-state index in [0.717, 1.165) is 46.5 Å². The number of aromatic nitrogens is 2. The SMILES string of the molecule is Cc1cc(Cl)ccc1NC(=O)C12CCC(c3nc4ccccc4nc31)C2(C)C. The van der Waals surface area contributed by atoms with Crippen molar-refractivity contribution in [3.63, 3.8) is 0 Å². The van der Waals surface area contributed by atoms with Crippen LogP contribution in [0.1, 0.15) is 49.6 Å². The molecule has 142 valence electrons. The molecule has 5 heteroatoms. The van der Waals surface area contributed by atoms with Crippen molar-refractivity contribution in [2.75, 3.05) is 5.32 Å². The number of fused-ring (bicyclic) bond motifs is 6. The van der Waals surface area contributed by atoms with E-state index in [9.17, 15) is 4.79 Å². The molecule has 0 saturated heterocycles. The van der Waals surface area contributed by atoms with Crippen LogP contribution in [0.15, 0.2) is 42.5 Å². The van der Waals surface area contributed by atoms with Crippen LogP contribution in [0.25, 0.3) is 11.0 Å². The topological polar surface area (TPSA) is 54.9 Å². The molecule has 2 bridgehead atoms. The predicted molar refractivity (Wildman–Crippen MR) is 112 cm³/mol. The number of para-hydroxylation sites is 2. The van der Waals surface area contributed by atoms with E-state index < -0.39 is 5.41 Å². The highest BCUT2D eigenvalue weighted by Crippen LogP contribution is 2.67. The molecule has 4 nitrogen and oxygen atoms in total. The van der Waals surface area contributed by atoms with E-state index in [1.165, 1.54) is 0 Å². The zero-order valence-electron chi connectivity index (χ0n) is 16.2. The summed E-state index contributed by atoms with van der Waals surface area (Å²) in [4.78, 5) is 23.6. The summed E-state index contributed by atoms with van der Waals surface area (Å²) in [5, 5.41) is 3.84. The number of aryl methyl sites for hydroxylation is 1. The highest BCUT2D eigenvalue weighted by Gasteiger charge is 2.67.